The van der Waals surface area contributed by atoms with Crippen molar-refractivity contribution >= 4 is 68.1 Å². The Morgan fingerprint density at radius 3 is 2.31 bits per heavy atom. The molecule has 0 radical (unpaired) electrons. The number of amides is 3. The van der Waals surface area contributed by atoms with Gasteiger partial charge >= 0.3 is 4.87 Å². The molecule has 4 aromatic rings. The number of anilines is 2. The highest BCUT2D eigenvalue weighted by Gasteiger charge is 2.56. The molecule has 196 valence electrons. The Hall–Kier alpha value is -3.54. The highest BCUT2D eigenvalue weighted by atomic mass is 79.9. The number of hydrogen-bond donors (Lipinski definition) is 1. The number of para-hydroxylation sites is 1. The zero-order chi connectivity index (χ0) is 27.3. The highest BCUT2D eigenvalue weighted by Crippen LogP contribution is 2.53. The minimum atomic E-state index is -0.818. The summed E-state index contributed by atoms with van der Waals surface area (Å²) in [6, 6.07) is 21.6. The molecule has 0 bridgehead atoms. The van der Waals surface area contributed by atoms with Gasteiger partial charge in [0.25, 0.3) is 0 Å². The van der Waals surface area contributed by atoms with Crippen LogP contribution in [0.1, 0.15) is 16.4 Å². The Bertz CT molecular complexity index is 1660. The Kier molecular flexibility index (Phi) is 6.74. The number of halogens is 2. The van der Waals surface area contributed by atoms with Crippen LogP contribution in [0.15, 0.2) is 93.2 Å². The van der Waals surface area contributed by atoms with Crippen LogP contribution >= 0.6 is 39.0 Å². The van der Waals surface area contributed by atoms with Gasteiger partial charge in [-0.25, -0.2) is 9.29 Å². The first kappa shape index (κ1) is 25.7. The van der Waals surface area contributed by atoms with Crippen molar-refractivity contribution in [2.24, 2.45) is 5.92 Å². The van der Waals surface area contributed by atoms with Gasteiger partial charge in [0.05, 0.1) is 16.6 Å². The van der Waals surface area contributed by atoms with Crippen molar-refractivity contribution in [2.45, 2.75) is 22.7 Å². The average Bonchev–Trinajstić information content (AvgIpc) is 3.36. The Labute approximate surface area is 238 Å². The minimum Gasteiger partial charge on any atom is -0.325 e. The summed E-state index contributed by atoms with van der Waals surface area (Å²) in [4.78, 5) is 55.0. The third-order valence-corrected chi connectivity index (χ3v) is 9.85. The first-order chi connectivity index (χ1) is 18.8. The van der Waals surface area contributed by atoms with E-state index in [4.69, 9.17) is 0 Å². The molecule has 2 aliphatic rings. The van der Waals surface area contributed by atoms with Crippen molar-refractivity contribution < 1.29 is 18.8 Å². The maximum absolute atomic E-state index is 13.8. The van der Waals surface area contributed by atoms with E-state index >= 15 is 0 Å². The van der Waals surface area contributed by atoms with E-state index in [2.05, 4.69) is 21.2 Å². The van der Waals surface area contributed by atoms with Crippen LogP contribution in [-0.4, -0.2) is 27.5 Å². The molecule has 1 saturated heterocycles. The number of imide groups is 1. The standard InChI is InChI=1S/C28H19BrFN3O4S2/c29-16-8-6-15(7-9-16)21-22-23(26(36)33(25(22)35)19-12-10-17(30)11-13-19)38-27-24(21)39-28(37)32(27)14-20(34)31-18-4-2-1-3-5-18/h1-13,21-23H,14H2,(H,31,34)/t21-,22-,23+/m0/s1. The molecule has 0 spiro atoms. The molecular formula is C28H19BrFN3O4S2. The van der Waals surface area contributed by atoms with Gasteiger partial charge in [0, 0.05) is 21.0 Å². The van der Waals surface area contributed by atoms with Crippen LogP contribution in [0.25, 0.3) is 0 Å². The van der Waals surface area contributed by atoms with Crippen molar-refractivity contribution in [3.8, 4) is 0 Å². The molecule has 0 unspecified atom stereocenters. The van der Waals surface area contributed by atoms with Gasteiger partial charge in [-0.2, -0.15) is 0 Å². The maximum Gasteiger partial charge on any atom is 0.308 e. The number of aromatic nitrogens is 1. The molecule has 11 heteroatoms. The zero-order valence-corrected chi connectivity index (χ0v) is 23.3. The lowest BCUT2D eigenvalue weighted by Gasteiger charge is -2.30. The Morgan fingerprint density at radius 1 is 0.923 bits per heavy atom. The van der Waals surface area contributed by atoms with E-state index in [9.17, 15) is 23.6 Å². The van der Waals surface area contributed by atoms with Crippen LogP contribution in [-0.2, 0) is 20.9 Å². The van der Waals surface area contributed by atoms with Gasteiger partial charge in [0.2, 0.25) is 17.7 Å². The molecule has 7 nitrogen and oxygen atoms in total. The first-order valence-electron chi connectivity index (χ1n) is 12.0. The summed E-state index contributed by atoms with van der Waals surface area (Å²) in [7, 11) is 0. The smallest absolute Gasteiger partial charge is 0.308 e. The van der Waals surface area contributed by atoms with Crippen LogP contribution in [0.4, 0.5) is 15.8 Å². The highest BCUT2D eigenvalue weighted by molar-refractivity contribution is 9.10. The van der Waals surface area contributed by atoms with Gasteiger partial charge in [-0.1, -0.05) is 69.4 Å². The summed E-state index contributed by atoms with van der Waals surface area (Å²) in [5, 5.41) is 2.48. The number of carbonyl (C=O) groups is 3. The number of thioether (sulfide) groups is 1. The van der Waals surface area contributed by atoms with Crippen molar-refractivity contribution in [1.29, 1.82) is 0 Å². The second-order valence-electron chi connectivity index (χ2n) is 9.12. The number of carbonyl (C=O) groups excluding carboxylic acids is 3. The average molecular weight is 625 g/mol. The van der Waals surface area contributed by atoms with Crippen molar-refractivity contribution in [1.82, 2.24) is 4.57 Å². The van der Waals surface area contributed by atoms with Crippen molar-refractivity contribution in [3.05, 3.63) is 109 Å². The molecule has 0 aliphatic carbocycles. The fourth-order valence-corrected chi connectivity index (χ4v) is 8.03. The summed E-state index contributed by atoms with van der Waals surface area (Å²) in [5.74, 6) is -3.04. The van der Waals surface area contributed by atoms with Gasteiger partial charge in [-0.15, -0.1) is 0 Å². The molecule has 39 heavy (non-hydrogen) atoms. The number of fused-ring (bicyclic) bond motifs is 2. The van der Waals surface area contributed by atoms with E-state index in [0.717, 1.165) is 38.0 Å². The molecule has 3 amide bonds. The molecule has 3 aromatic carbocycles. The van der Waals surface area contributed by atoms with Crippen LogP contribution in [0.2, 0.25) is 0 Å². The summed E-state index contributed by atoms with van der Waals surface area (Å²) in [6.45, 7) is -0.235. The second kappa shape index (κ2) is 10.2. The van der Waals surface area contributed by atoms with Crippen LogP contribution in [0.3, 0.4) is 0 Å². The van der Waals surface area contributed by atoms with E-state index in [1.165, 1.54) is 28.8 Å². The minimum absolute atomic E-state index is 0.235. The Morgan fingerprint density at radius 2 is 1.62 bits per heavy atom. The number of nitrogens with one attached hydrogen (secondary N) is 1. The van der Waals surface area contributed by atoms with Crippen molar-refractivity contribution in [3.63, 3.8) is 0 Å². The predicted octanol–water partition coefficient (Wildman–Crippen LogP) is 5.25. The molecule has 3 atom stereocenters. The third kappa shape index (κ3) is 4.64. The maximum atomic E-state index is 13.8. The molecule has 1 fully saturated rings. The summed E-state index contributed by atoms with van der Waals surface area (Å²) >= 11 is 5.56. The van der Waals surface area contributed by atoms with E-state index in [1.807, 2.05) is 30.3 Å². The van der Waals surface area contributed by atoms with Gasteiger partial charge in [0.1, 0.15) is 17.6 Å². The second-order valence-corrected chi connectivity index (χ2v) is 12.2. The molecule has 2 aliphatic heterocycles. The topological polar surface area (TPSA) is 88.5 Å². The van der Waals surface area contributed by atoms with Gasteiger partial charge in [-0.3, -0.25) is 23.7 Å². The number of rotatable bonds is 5. The van der Waals surface area contributed by atoms with Crippen LogP contribution < -0.4 is 15.1 Å². The Balaban J connectivity index is 1.42. The molecule has 1 N–H and O–H groups in total. The summed E-state index contributed by atoms with van der Waals surface area (Å²) in [6.07, 6.45) is 0. The third-order valence-electron chi connectivity index (χ3n) is 6.72. The van der Waals surface area contributed by atoms with Gasteiger partial charge in [-0.05, 0) is 54.1 Å². The molecule has 0 saturated carbocycles. The lowest BCUT2D eigenvalue weighted by Crippen LogP contribution is -2.33. The van der Waals surface area contributed by atoms with E-state index in [-0.39, 0.29) is 17.3 Å². The number of benzene rings is 3. The van der Waals surface area contributed by atoms with Gasteiger partial charge in [0.15, 0.2) is 0 Å². The molecule has 3 heterocycles. The number of hydrogen-bond acceptors (Lipinski definition) is 6. The van der Waals surface area contributed by atoms with Crippen LogP contribution in [0.5, 0.6) is 0 Å². The van der Waals surface area contributed by atoms with E-state index in [1.54, 1.807) is 24.3 Å². The summed E-state index contributed by atoms with van der Waals surface area (Å²) in [5.41, 5.74) is 1.67. The number of nitrogens with zero attached hydrogens (tertiary/aromatic N) is 2. The number of thiazole rings is 1. The molecular weight excluding hydrogens is 605 g/mol. The molecule has 1 aromatic heterocycles. The lowest BCUT2D eigenvalue weighted by atomic mass is 9.83. The first-order valence-corrected chi connectivity index (χ1v) is 14.4. The fourth-order valence-electron chi connectivity index (χ4n) is 4.99. The monoisotopic (exact) mass is 623 g/mol. The molecule has 6 rings (SSSR count). The largest absolute Gasteiger partial charge is 0.325 e. The summed E-state index contributed by atoms with van der Waals surface area (Å²) < 4.78 is 15.8. The van der Waals surface area contributed by atoms with E-state index in [0.29, 0.717) is 21.3 Å². The van der Waals surface area contributed by atoms with Crippen LogP contribution in [0, 0.1) is 11.7 Å². The zero-order valence-electron chi connectivity index (χ0n) is 20.0. The fraction of sp³-hybridized carbons (Fsp3) is 0.143. The predicted molar refractivity (Wildman–Crippen MR) is 152 cm³/mol. The van der Waals surface area contributed by atoms with E-state index < -0.39 is 34.7 Å². The quantitative estimate of drug-likeness (QED) is 0.307. The van der Waals surface area contributed by atoms with Crippen molar-refractivity contribution in [2.75, 3.05) is 10.2 Å². The normalized spacial score (nSPS) is 20.1. The van der Waals surface area contributed by atoms with Gasteiger partial charge < -0.3 is 5.32 Å². The lowest BCUT2D eigenvalue weighted by molar-refractivity contribution is -0.122. The SMILES string of the molecule is O=C(Cn1c2c(sc1=O)[C@@H](c1ccc(Br)cc1)[C@@H]1C(=O)N(c3ccc(F)cc3)C(=O)[C@@H]1S2)Nc1ccccc1.